The zero-order chi connectivity index (χ0) is 11.1. The Balaban J connectivity index is 2.64. The van der Waals surface area contributed by atoms with Crippen LogP contribution < -0.4 is 10.6 Å². The molecule has 0 saturated heterocycles. The second kappa shape index (κ2) is 6.19. The third kappa shape index (κ3) is 3.71. The molecule has 3 N–H and O–H groups in total. The maximum Gasteiger partial charge on any atom is 0.131 e. The molecular formula is C10H18N4O. The van der Waals surface area contributed by atoms with Crippen molar-refractivity contribution >= 4 is 11.6 Å². The highest BCUT2D eigenvalue weighted by Gasteiger charge is 2.05. The first-order valence-electron chi connectivity index (χ1n) is 5.23. The van der Waals surface area contributed by atoms with Gasteiger partial charge >= 0.3 is 0 Å². The van der Waals surface area contributed by atoms with Crippen molar-refractivity contribution in [1.29, 1.82) is 0 Å². The van der Waals surface area contributed by atoms with Crippen LogP contribution >= 0.6 is 0 Å². The molecule has 1 heterocycles. The molecule has 0 saturated carbocycles. The summed E-state index contributed by atoms with van der Waals surface area (Å²) in [6.07, 6.45) is 2.36. The summed E-state index contributed by atoms with van der Waals surface area (Å²) >= 11 is 0. The Morgan fingerprint density at radius 2 is 2.07 bits per heavy atom. The first-order valence-corrected chi connectivity index (χ1v) is 5.23. The molecule has 1 aromatic heterocycles. The minimum absolute atomic E-state index is 0.0503. The van der Waals surface area contributed by atoms with E-state index < -0.39 is 0 Å². The number of hydrogen-bond donors (Lipinski definition) is 3. The fourth-order valence-corrected chi connectivity index (χ4v) is 1.20. The maximum atomic E-state index is 9.04. The molecule has 0 aliphatic rings. The number of nitrogens with zero attached hydrogens (tertiary/aromatic N) is 2. The number of rotatable bonds is 6. The van der Waals surface area contributed by atoms with Gasteiger partial charge in [0, 0.05) is 12.6 Å². The predicted molar refractivity (Wildman–Crippen MR) is 61.0 cm³/mol. The van der Waals surface area contributed by atoms with E-state index in [9.17, 15) is 0 Å². The monoisotopic (exact) mass is 210 g/mol. The first kappa shape index (κ1) is 11.7. The smallest absolute Gasteiger partial charge is 0.131 e. The van der Waals surface area contributed by atoms with Gasteiger partial charge in [0.05, 0.1) is 12.6 Å². The van der Waals surface area contributed by atoms with E-state index in [0.717, 1.165) is 24.6 Å². The van der Waals surface area contributed by atoms with E-state index in [4.69, 9.17) is 5.11 Å². The summed E-state index contributed by atoms with van der Waals surface area (Å²) in [6, 6.07) is 1.89. The van der Waals surface area contributed by atoms with Crippen LogP contribution in [0.5, 0.6) is 0 Å². The summed E-state index contributed by atoms with van der Waals surface area (Å²) < 4.78 is 0. The van der Waals surface area contributed by atoms with Crippen LogP contribution in [-0.2, 0) is 0 Å². The molecule has 1 atom stereocenters. The maximum absolute atomic E-state index is 9.04. The highest BCUT2D eigenvalue weighted by atomic mass is 16.3. The summed E-state index contributed by atoms with van der Waals surface area (Å²) in [5, 5.41) is 15.3. The van der Waals surface area contributed by atoms with Crippen LogP contribution in [-0.4, -0.2) is 34.3 Å². The van der Waals surface area contributed by atoms with Crippen LogP contribution in [0, 0.1) is 0 Å². The summed E-state index contributed by atoms with van der Waals surface area (Å²) in [7, 11) is 0. The normalized spacial score (nSPS) is 12.2. The van der Waals surface area contributed by atoms with E-state index in [-0.39, 0.29) is 12.6 Å². The zero-order valence-corrected chi connectivity index (χ0v) is 9.20. The number of hydrogen-bond acceptors (Lipinski definition) is 5. The largest absolute Gasteiger partial charge is 0.394 e. The predicted octanol–water partition coefficient (Wildman–Crippen LogP) is 1.09. The van der Waals surface area contributed by atoms with Crippen LogP contribution in [0.1, 0.15) is 20.3 Å². The fraction of sp³-hybridized carbons (Fsp3) is 0.600. The second-order valence-electron chi connectivity index (χ2n) is 3.25. The average molecular weight is 210 g/mol. The van der Waals surface area contributed by atoms with Gasteiger partial charge in [0.2, 0.25) is 0 Å². The SMILES string of the molecule is CCNc1cc(NC(CC)CO)ncn1. The lowest BCUT2D eigenvalue weighted by Crippen LogP contribution is -2.23. The van der Waals surface area contributed by atoms with Gasteiger partial charge < -0.3 is 15.7 Å². The molecule has 0 bridgehead atoms. The average Bonchev–Trinajstić information content (AvgIpc) is 2.27. The van der Waals surface area contributed by atoms with Gasteiger partial charge in [-0.15, -0.1) is 0 Å². The Labute approximate surface area is 90.0 Å². The highest BCUT2D eigenvalue weighted by Crippen LogP contribution is 2.10. The van der Waals surface area contributed by atoms with Crippen molar-refractivity contribution in [2.45, 2.75) is 26.3 Å². The number of anilines is 2. The molecule has 5 nitrogen and oxygen atoms in total. The first-order chi connectivity index (χ1) is 7.30. The molecule has 0 radical (unpaired) electrons. The van der Waals surface area contributed by atoms with Crippen molar-refractivity contribution in [1.82, 2.24) is 9.97 Å². The molecule has 84 valence electrons. The number of aliphatic hydroxyl groups excluding tert-OH is 1. The Morgan fingerprint density at radius 3 is 2.67 bits per heavy atom. The van der Waals surface area contributed by atoms with Gasteiger partial charge in [-0.25, -0.2) is 9.97 Å². The van der Waals surface area contributed by atoms with Gasteiger partial charge in [-0.2, -0.15) is 0 Å². The van der Waals surface area contributed by atoms with E-state index in [1.54, 1.807) is 0 Å². The van der Waals surface area contributed by atoms with Crippen molar-refractivity contribution in [3.05, 3.63) is 12.4 Å². The number of aromatic nitrogens is 2. The van der Waals surface area contributed by atoms with Gasteiger partial charge in [0.15, 0.2) is 0 Å². The Morgan fingerprint density at radius 1 is 1.33 bits per heavy atom. The van der Waals surface area contributed by atoms with Gasteiger partial charge in [0.1, 0.15) is 18.0 Å². The van der Waals surface area contributed by atoms with E-state index in [1.807, 2.05) is 19.9 Å². The molecule has 15 heavy (non-hydrogen) atoms. The summed E-state index contributed by atoms with van der Waals surface area (Å²) in [4.78, 5) is 8.15. The van der Waals surface area contributed by atoms with E-state index in [0.29, 0.717) is 0 Å². The molecule has 0 amide bonds. The molecule has 5 heteroatoms. The highest BCUT2D eigenvalue weighted by molar-refractivity contribution is 5.46. The topological polar surface area (TPSA) is 70.1 Å². The summed E-state index contributed by atoms with van der Waals surface area (Å²) in [5.74, 6) is 1.53. The van der Waals surface area contributed by atoms with E-state index in [1.165, 1.54) is 6.33 Å². The lowest BCUT2D eigenvalue weighted by molar-refractivity contribution is 0.271. The lowest BCUT2D eigenvalue weighted by Gasteiger charge is -2.14. The van der Waals surface area contributed by atoms with Gasteiger partial charge in [-0.05, 0) is 13.3 Å². The minimum atomic E-state index is 0.0503. The second-order valence-corrected chi connectivity index (χ2v) is 3.25. The van der Waals surface area contributed by atoms with Gasteiger partial charge in [0.25, 0.3) is 0 Å². The summed E-state index contributed by atoms with van der Waals surface area (Å²) in [6.45, 7) is 4.96. The summed E-state index contributed by atoms with van der Waals surface area (Å²) in [5.41, 5.74) is 0. The van der Waals surface area contributed by atoms with Crippen LogP contribution in [0.4, 0.5) is 11.6 Å². The number of nitrogens with one attached hydrogen (secondary N) is 2. The van der Waals surface area contributed by atoms with Crippen molar-refractivity contribution in [3.63, 3.8) is 0 Å². The molecular weight excluding hydrogens is 192 g/mol. The van der Waals surface area contributed by atoms with E-state index in [2.05, 4.69) is 20.6 Å². The Kier molecular flexibility index (Phi) is 4.83. The van der Waals surface area contributed by atoms with E-state index >= 15 is 0 Å². The van der Waals surface area contributed by atoms with Crippen molar-refractivity contribution < 1.29 is 5.11 Å². The molecule has 0 fully saturated rings. The van der Waals surface area contributed by atoms with Gasteiger partial charge in [-0.3, -0.25) is 0 Å². The third-order valence-electron chi connectivity index (χ3n) is 2.09. The molecule has 0 aliphatic carbocycles. The quantitative estimate of drug-likeness (QED) is 0.655. The lowest BCUT2D eigenvalue weighted by atomic mass is 10.2. The van der Waals surface area contributed by atoms with Crippen molar-refractivity contribution in [3.8, 4) is 0 Å². The molecule has 0 spiro atoms. The molecule has 1 rings (SSSR count). The van der Waals surface area contributed by atoms with Crippen molar-refractivity contribution in [2.24, 2.45) is 0 Å². The van der Waals surface area contributed by atoms with Crippen LogP contribution in [0.15, 0.2) is 12.4 Å². The standard InChI is InChI=1S/C10H18N4O/c1-3-8(6-15)14-10-5-9(11-4-2)12-7-13-10/h5,7-8,15H,3-4,6H2,1-2H3,(H2,11,12,13,14). The minimum Gasteiger partial charge on any atom is -0.394 e. The molecule has 1 aromatic rings. The number of aliphatic hydroxyl groups is 1. The Bertz CT molecular complexity index is 289. The zero-order valence-electron chi connectivity index (χ0n) is 9.20. The third-order valence-corrected chi connectivity index (χ3v) is 2.09. The van der Waals surface area contributed by atoms with Crippen LogP contribution in [0.3, 0.4) is 0 Å². The van der Waals surface area contributed by atoms with Crippen LogP contribution in [0.25, 0.3) is 0 Å². The van der Waals surface area contributed by atoms with Gasteiger partial charge in [-0.1, -0.05) is 6.92 Å². The molecule has 1 unspecified atom stereocenters. The van der Waals surface area contributed by atoms with Crippen molar-refractivity contribution in [2.75, 3.05) is 23.8 Å². The fourth-order valence-electron chi connectivity index (χ4n) is 1.20. The molecule has 0 aliphatic heterocycles. The van der Waals surface area contributed by atoms with Crippen LogP contribution in [0.2, 0.25) is 0 Å². The Hall–Kier alpha value is -1.36. The molecule has 0 aromatic carbocycles.